The van der Waals surface area contributed by atoms with Crippen LogP contribution in [0.1, 0.15) is 21.7 Å². The summed E-state index contributed by atoms with van der Waals surface area (Å²) < 4.78 is 30.3. The molecule has 39 heavy (non-hydrogen) atoms. The number of anilines is 1. The van der Waals surface area contributed by atoms with Gasteiger partial charge in [0.1, 0.15) is 17.3 Å². The number of thiophene rings is 1. The molecule has 2 fully saturated rings. The summed E-state index contributed by atoms with van der Waals surface area (Å²) >= 11 is 1.42. The molecule has 2 aromatic carbocycles. The van der Waals surface area contributed by atoms with Gasteiger partial charge in [-0.1, -0.05) is 0 Å². The Kier molecular flexibility index (Phi) is 7.77. The molecule has 0 unspecified atom stereocenters. The van der Waals surface area contributed by atoms with Crippen molar-refractivity contribution in [1.29, 1.82) is 0 Å². The third kappa shape index (κ3) is 6.03. The summed E-state index contributed by atoms with van der Waals surface area (Å²) in [4.78, 5) is 41.3. The second-order valence-corrected chi connectivity index (χ2v) is 10.1. The van der Waals surface area contributed by atoms with E-state index < -0.39 is 29.6 Å². The van der Waals surface area contributed by atoms with Crippen molar-refractivity contribution in [3.8, 4) is 11.5 Å². The lowest BCUT2D eigenvalue weighted by Gasteiger charge is -2.32. The molecule has 10 nitrogen and oxygen atoms in total. The number of benzene rings is 2. The molecule has 1 spiro atoms. The van der Waals surface area contributed by atoms with Gasteiger partial charge in [-0.25, -0.2) is 4.39 Å². The molecule has 12 heteroatoms. The second-order valence-electron chi connectivity index (χ2n) is 9.08. The van der Waals surface area contributed by atoms with E-state index in [0.717, 1.165) is 4.88 Å². The van der Waals surface area contributed by atoms with E-state index in [1.165, 1.54) is 40.5 Å². The highest BCUT2D eigenvalue weighted by Crippen LogP contribution is 2.37. The summed E-state index contributed by atoms with van der Waals surface area (Å²) in [5, 5.41) is 7.25. The zero-order valence-corrected chi connectivity index (χ0v) is 21.7. The van der Waals surface area contributed by atoms with Gasteiger partial charge in [0.25, 0.3) is 5.91 Å². The molecule has 3 heterocycles. The Morgan fingerprint density at radius 3 is 2.36 bits per heavy atom. The number of hydrogen-bond acceptors (Lipinski definition) is 8. The highest BCUT2D eigenvalue weighted by Gasteiger charge is 2.57. The van der Waals surface area contributed by atoms with Crippen LogP contribution in [-0.4, -0.2) is 60.8 Å². The van der Waals surface area contributed by atoms with E-state index in [0.29, 0.717) is 42.4 Å². The van der Waals surface area contributed by atoms with Crippen molar-refractivity contribution in [2.45, 2.75) is 24.8 Å². The van der Waals surface area contributed by atoms with E-state index in [4.69, 9.17) is 19.9 Å². The van der Waals surface area contributed by atoms with Crippen molar-refractivity contribution in [1.82, 2.24) is 15.5 Å². The molecule has 0 bridgehead atoms. The maximum absolute atomic E-state index is 13.2. The minimum atomic E-state index is -1.21. The molecule has 0 saturated carbocycles. The standard InChI is InChI=1S/C27H27FN4O6S/c28-18-3-7-21(8-4-18)38-20-5-1-17(2-6-20)25(34)31-15-23(33)32-10-9-27(36-11-12-37-27)24(32)26(35)30-14-22-13-19(29)16-39-22/h1-8,13,16,24H,9-12,14-15,29H2,(H,30,35)(H,31,34)/t24-/m1/s1. The van der Waals surface area contributed by atoms with Crippen molar-refractivity contribution >= 4 is 34.7 Å². The maximum atomic E-state index is 13.2. The number of hydrogen-bond donors (Lipinski definition) is 3. The maximum Gasteiger partial charge on any atom is 0.251 e. The molecular weight excluding hydrogens is 527 g/mol. The fourth-order valence-corrected chi connectivity index (χ4v) is 5.31. The van der Waals surface area contributed by atoms with Crippen LogP contribution in [0.4, 0.5) is 10.1 Å². The molecule has 0 aliphatic carbocycles. The lowest BCUT2D eigenvalue weighted by molar-refractivity contribution is -0.183. The minimum Gasteiger partial charge on any atom is -0.457 e. The van der Waals surface area contributed by atoms with Gasteiger partial charge in [-0.2, -0.15) is 0 Å². The van der Waals surface area contributed by atoms with E-state index in [1.807, 2.05) is 0 Å². The largest absolute Gasteiger partial charge is 0.457 e. The Hall–Kier alpha value is -4.00. The van der Waals surface area contributed by atoms with Crippen molar-refractivity contribution < 1.29 is 33.0 Å². The molecule has 5 rings (SSSR count). The zero-order chi connectivity index (χ0) is 27.4. The molecule has 3 aromatic rings. The molecule has 3 amide bonds. The van der Waals surface area contributed by atoms with Crippen LogP contribution in [0.3, 0.4) is 0 Å². The third-order valence-corrected chi connectivity index (χ3v) is 7.41. The van der Waals surface area contributed by atoms with Crippen LogP contribution in [0.15, 0.2) is 60.0 Å². The monoisotopic (exact) mass is 554 g/mol. The molecule has 1 aromatic heterocycles. The van der Waals surface area contributed by atoms with Gasteiger partial charge in [-0.3, -0.25) is 14.4 Å². The Morgan fingerprint density at radius 1 is 1.05 bits per heavy atom. The minimum absolute atomic E-state index is 0.244. The molecule has 0 radical (unpaired) electrons. The van der Waals surface area contributed by atoms with Crippen LogP contribution >= 0.6 is 11.3 Å². The highest BCUT2D eigenvalue weighted by atomic mass is 32.1. The lowest BCUT2D eigenvalue weighted by Crippen LogP contribution is -2.57. The van der Waals surface area contributed by atoms with Crippen molar-refractivity contribution in [2.24, 2.45) is 0 Å². The summed E-state index contributed by atoms with van der Waals surface area (Å²) in [7, 11) is 0. The summed E-state index contributed by atoms with van der Waals surface area (Å²) in [5.41, 5.74) is 6.69. The number of amides is 3. The van der Waals surface area contributed by atoms with Gasteiger partial charge in [0, 0.05) is 34.5 Å². The first-order valence-corrected chi connectivity index (χ1v) is 13.2. The van der Waals surface area contributed by atoms with Crippen molar-refractivity contribution in [3.05, 3.63) is 76.2 Å². The SMILES string of the molecule is Nc1csc(CNC(=O)[C@H]2N(C(=O)CNC(=O)c3ccc(Oc4ccc(F)cc4)cc3)CCC23OCCO3)c1. The number of rotatable bonds is 8. The molecular formula is C27H27FN4O6S. The second kappa shape index (κ2) is 11.4. The number of nitrogens with two attached hydrogens (primary N) is 1. The van der Waals surface area contributed by atoms with Gasteiger partial charge < -0.3 is 35.5 Å². The molecule has 4 N–H and O–H groups in total. The number of nitrogens with one attached hydrogen (secondary N) is 2. The van der Waals surface area contributed by atoms with Crippen LogP contribution in [0, 0.1) is 5.82 Å². The first-order valence-electron chi connectivity index (χ1n) is 12.3. The number of nitrogen functional groups attached to an aromatic ring is 1. The van der Waals surface area contributed by atoms with Crippen LogP contribution in [0.2, 0.25) is 0 Å². The van der Waals surface area contributed by atoms with Gasteiger partial charge in [0.15, 0.2) is 11.8 Å². The average molecular weight is 555 g/mol. The Balaban J connectivity index is 1.19. The smallest absolute Gasteiger partial charge is 0.251 e. The molecule has 2 aliphatic heterocycles. The van der Waals surface area contributed by atoms with Gasteiger partial charge in [0.2, 0.25) is 11.8 Å². The van der Waals surface area contributed by atoms with E-state index in [-0.39, 0.29) is 25.5 Å². The predicted octanol–water partition coefficient (Wildman–Crippen LogP) is 2.65. The molecule has 204 valence electrons. The highest BCUT2D eigenvalue weighted by molar-refractivity contribution is 7.10. The van der Waals surface area contributed by atoms with Gasteiger partial charge in [-0.05, 0) is 54.6 Å². The number of likely N-dealkylation sites (tertiary alicyclic amines) is 1. The van der Waals surface area contributed by atoms with Crippen molar-refractivity contribution in [3.63, 3.8) is 0 Å². The van der Waals surface area contributed by atoms with E-state index in [2.05, 4.69) is 10.6 Å². The Bertz CT molecular complexity index is 1340. The van der Waals surface area contributed by atoms with E-state index in [1.54, 1.807) is 35.7 Å². The zero-order valence-electron chi connectivity index (χ0n) is 20.9. The number of halogens is 1. The van der Waals surface area contributed by atoms with Crippen LogP contribution in [0.25, 0.3) is 0 Å². The summed E-state index contributed by atoms with van der Waals surface area (Å²) in [6.07, 6.45) is 0.340. The number of nitrogens with zero attached hydrogens (tertiary/aromatic N) is 1. The van der Waals surface area contributed by atoms with Gasteiger partial charge in [0.05, 0.1) is 26.3 Å². The number of ether oxygens (including phenoxy) is 3. The topological polar surface area (TPSA) is 132 Å². The molecule has 1 atom stereocenters. The first kappa shape index (κ1) is 26.6. The van der Waals surface area contributed by atoms with Gasteiger partial charge in [-0.15, -0.1) is 11.3 Å². The lowest BCUT2D eigenvalue weighted by atomic mass is 10.1. The average Bonchev–Trinajstić information content (AvgIpc) is 3.68. The first-order chi connectivity index (χ1) is 18.8. The number of carbonyl (C=O) groups is 3. The van der Waals surface area contributed by atoms with Crippen LogP contribution < -0.4 is 21.1 Å². The third-order valence-electron chi connectivity index (χ3n) is 6.45. The van der Waals surface area contributed by atoms with E-state index >= 15 is 0 Å². The summed E-state index contributed by atoms with van der Waals surface area (Å²) in [5.74, 6) is -1.96. The van der Waals surface area contributed by atoms with Crippen LogP contribution in [-0.2, 0) is 25.6 Å². The normalized spacial score (nSPS) is 17.8. The Morgan fingerprint density at radius 2 is 1.72 bits per heavy atom. The predicted molar refractivity (Wildman–Crippen MR) is 141 cm³/mol. The molecule has 2 aliphatic rings. The van der Waals surface area contributed by atoms with Gasteiger partial charge >= 0.3 is 0 Å². The van der Waals surface area contributed by atoms with E-state index in [9.17, 15) is 18.8 Å². The Labute approximate surface area is 227 Å². The van der Waals surface area contributed by atoms with Crippen LogP contribution in [0.5, 0.6) is 11.5 Å². The fourth-order valence-electron chi connectivity index (χ4n) is 4.60. The van der Waals surface area contributed by atoms with Crippen molar-refractivity contribution in [2.75, 3.05) is 32.0 Å². The summed E-state index contributed by atoms with van der Waals surface area (Å²) in [6, 6.07) is 12.7. The quantitative estimate of drug-likeness (QED) is 0.390. The number of carbonyl (C=O) groups excluding carboxylic acids is 3. The summed E-state index contributed by atoms with van der Waals surface area (Å²) in [6.45, 7) is 0.838. The molecule has 2 saturated heterocycles. The fraction of sp³-hybridized carbons (Fsp3) is 0.296.